The number of alkyl halides is 3. The first-order chi connectivity index (χ1) is 10.3. The lowest BCUT2D eigenvalue weighted by molar-refractivity contribution is -0.185. The van der Waals surface area contributed by atoms with Gasteiger partial charge in [-0.1, -0.05) is 0 Å². The van der Waals surface area contributed by atoms with E-state index in [1.807, 2.05) is 0 Å². The average molecular weight is 322 g/mol. The molecular formula is C14H18F4N2O2. The van der Waals surface area contributed by atoms with Gasteiger partial charge in [0.25, 0.3) is 5.88 Å². The van der Waals surface area contributed by atoms with E-state index in [-0.39, 0.29) is 44.0 Å². The molecule has 0 aromatic carbocycles. The van der Waals surface area contributed by atoms with Crippen molar-refractivity contribution in [2.75, 3.05) is 7.11 Å². The molecule has 1 aliphatic rings. The van der Waals surface area contributed by atoms with Crippen LogP contribution in [0.4, 0.5) is 17.6 Å². The molecule has 0 atom stereocenters. The van der Waals surface area contributed by atoms with Crippen molar-refractivity contribution in [3.8, 4) is 11.8 Å². The van der Waals surface area contributed by atoms with Gasteiger partial charge in [-0.3, -0.25) is 0 Å². The molecule has 0 amide bonds. The summed E-state index contributed by atoms with van der Waals surface area (Å²) in [5.41, 5.74) is 5.85. The van der Waals surface area contributed by atoms with Crippen molar-refractivity contribution in [3.05, 3.63) is 17.4 Å². The summed E-state index contributed by atoms with van der Waals surface area (Å²) in [6.45, 7) is 0.0596. The number of aromatic nitrogens is 1. The van der Waals surface area contributed by atoms with Crippen molar-refractivity contribution in [2.24, 2.45) is 11.7 Å². The monoisotopic (exact) mass is 322 g/mol. The molecule has 0 unspecified atom stereocenters. The molecule has 0 spiro atoms. The van der Waals surface area contributed by atoms with Gasteiger partial charge < -0.3 is 15.2 Å². The fourth-order valence-corrected chi connectivity index (χ4v) is 2.57. The van der Waals surface area contributed by atoms with Gasteiger partial charge in [-0.05, 0) is 31.7 Å². The summed E-state index contributed by atoms with van der Waals surface area (Å²) in [5, 5.41) is 0. The quantitative estimate of drug-likeness (QED) is 0.865. The topological polar surface area (TPSA) is 57.4 Å². The number of halogens is 4. The van der Waals surface area contributed by atoms with E-state index < -0.39 is 24.0 Å². The standard InChI is InChI=1S/C14H18F4N2O2/c1-21-12-8(7-19)6-11(15)13(20-12)22-10-4-2-9(3-5-10)14(16,17)18/h6,9-10H,2-5,7,19H2,1H3. The Morgan fingerprint density at radius 2 is 1.86 bits per heavy atom. The molecule has 0 radical (unpaired) electrons. The second-order valence-corrected chi connectivity index (χ2v) is 5.28. The fourth-order valence-electron chi connectivity index (χ4n) is 2.57. The van der Waals surface area contributed by atoms with E-state index >= 15 is 0 Å². The Bertz CT molecular complexity index is 514. The Balaban J connectivity index is 2.03. The van der Waals surface area contributed by atoms with Crippen LogP contribution in [-0.4, -0.2) is 24.4 Å². The first-order valence-electron chi connectivity index (χ1n) is 7.02. The molecule has 1 aliphatic carbocycles. The van der Waals surface area contributed by atoms with Gasteiger partial charge in [-0.2, -0.15) is 18.2 Å². The van der Waals surface area contributed by atoms with Crippen LogP contribution < -0.4 is 15.2 Å². The van der Waals surface area contributed by atoms with Gasteiger partial charge >= 0.3 is 6.18 Å². The molecule has 0 aliphatic heterocycles. The van der Waals surface area contributed by atoms with Crippen LogP contribution in [0.3, 0.4) is 0 Å². The maximum Gasteiger partial charge on any atom is 0.391 e. The molecule has 0 saturated heterocycles. The Morgan fingerprint density at radius 1 is 1.23 bits per heavy atom. The zero-order valence-electron chi connectivity index (χ0n) is 12.1. The van der Waals surface area contributed by atoms with Crippen LogP contribution in [0.5, 0.6) is 11.8 Å². The second kappa shape index (κ2) is 6.68. The predicted octanol–water partition coefficient (Wildman–Crippen LogP) is 3.19. The van der Waals surface area contributed by atoms with Crippen molar-refractivity contribution in [1.82, 2.24) is 4.98 Å². The number of nitrogens with two attached hydrogens (primary N) is 1. The third-order valence-electron chi connectivity index (χ3n) is 3.81. The molecule has 1 fully saturated rings. The van der Waals surface area contributed by atoms with Crippen molar-refractivity contribution in [2.45, 2.75) is 44.5 Å². The molecular weight excluding hydrogens is 304 g/mol. The number of nitrogens with zero attached hydrogens (tertiary/aromatic N) is 1. The highest BCUT2D eigenvalue weighted by atomic mass is 19.4. The molecule has 8 heteroatoms. The number of pyridine rings is 1. The molecule has 124 valence electrons. The molecule has 22 heavy (non-hydrogen) atoms. The van der Waals surface area contributed by atoms with Gasteiger partial charge in [0.2, 0.25) is 5.88 Å². The third kappa shape index (κ3) is 3.79. The first kappa shape index (κ1) is 16.8. The lowest BCUT2D eigenvalue weighted by Gasteiger charge is -2.29. The van der Waals surface area contributed by atoms with Crippen LogP contribution in [0.1, 0.15) is 31.2 Å². The van der Waals surface area contributed by atoms with Crippen molar-refractivity contribution in [1.29, 1.82) is 0 Å². The number of rotatable bonds is 4. The van der Waals surface area contributed by atoms with Crippen LogP contribution in [-0.2, 0) is 6.54 Å². The lowest BCUT2D eigenvalue weighted by atomic mass is 9.87. The molecule has 1 heterocycles. The SMILES string of the molecule is COc1nc(OC2CCC(C(F)(F)F)CC2)c(F)cc1CN. The summed E-state index contributed by atoms with van der Waals surface area (Å²) in [5.74, 6) is -2.11. The Kier molecular flexibility index (Phi) is 5.10. The van der Waals surface area contributed by atoms with Crippen molar-refractivity contribution in [3.63, 3.8) is 0 Å². The summed E-state index contributed by atoms with van der Waals surface area (Å²) in [6, 6.07) is 1.17. The van der Waals surface area contributed by atoms with Crippen LogP contribution in [0, 0.1) is 11.7 Å². The fraction of sp³-hybridized carbons (Fsp3) is 0.643. The minimum Gasteiger partial charge on any atom is -0.481 e. The van der Waals surface area contributed by atoms with E-state index in [4.69, 9.17) is 15.2 Å². The van der Waals surface area contributed by atoms with E-state index in [0.29, 0.717) is 5.56 Å². The molecule has 1 aromatic heterocycles. The van der Waals surface area contributed by atoms with E-state index in [1.54, 1.807) is 0 Å². The molecule has 1 aromatic rings. The second-order valence-electron chi connectivity index (χ2n) is 5.28. The normalized spacial score (nSPS) is 22.5. The van der Waals surface area contributed by atoms with Crippen LogP contribution in [0.25, 0.3) is 0 Å². The van der Waals surface area contributed by atoms with E-state index in [0.717, 1.165) is 0 Å². The van der Waals surface area contributed by atoms with E-state index in [2.05, 4.69) is 4.98 Å². The summed E-state index contributed by atoms with van der Waals surface area (Å²) < 4.78 is 62.1. The van der Waals surface area contributed by atoms with Crippen LogP contribution in [0.2, 0.25) is 0 Å². The predicted molar refractivity (Wildman–Crippen MR) is 71.1 cm³/mol. The van der Waals surface area contributed by atoms with Gasteiger partial charge in [0.1, 0.15) is 6.10 Å². The molecule has 1 saturated carbocycles. The zero-order chi connectivity index (χ0) is 16.3. The van der Waals surface area contributed by atoms with Gasteiger partial charge in [-0.15, -0.1) is 0 Å². The maximum absolute atomic E-state index is 13.9. The summed E-state index contributed by atoms with van der Waals surface area (Å²) in [4.78, 5) is 3.90. The van der Waals surface area contributed by atoms with Crippen LogP contribution in [0.15, 0.2) is 6.07 Å². The maximum atomic E-state index is 13.9. The molecule has 2 N–H and O–H groups in total. The number of hydrogen-bond acceptors (Lipinski definition) is 4. The molecule has 4 nitrogen and oxygen atoms in total. The Morgan fingerprint density at radius 3 is 2.36 bits per heavy atom. The van der Waals surface area contributed by atoms with Gasteiger partial charge in [-0.25, -0.2) is 4.39 Å². The molecule has 2 rings (SSSR count). The zero-order valence-corrected chi connectivity index (χ0v) is 12.1. The smallest absolute Gasteiger partial charge is 0.391 e. The average Bonchev–Trinajstić information content (AvgIpc) is 2.48. The van der Waals surface area contributed by atoms with Crippen LogP contribution >= 0.6 is 0 Å². The lowest BCUT2D eigenvalue weighted by Crippen LogP contribution is -2.32. The number of ether oxygens (including phenoxy) is 2. The van der Waals surface area contributed by atoms with Gasteiger partial charge in [0.05, 0.1) is 13.0 Å². The van der Waals surface area contributed by atoms with E-state index in [9.17, 15) is 17.6 Å². The van der Waals surface area contributed by atoms with E-state index in [1.165, 1.54) is 13.2 Å². The molecule has 0 bridgehead atoms. The summed E-state index contributed by atoms with van der Waals surface area (Å²) >= 11 is 0. The highest BCUT2D eigenvalue weighted by molar-refractivity contribution is 5.32. The van der Waals surface area contributed by atoms with Crippen molar-refractivity contribution >= 4 is 0 Å². The van der Waals surface area contributed by atoms with Gasteiger partial charge in [0, 0.05) is 12.1 Å². The minimum atomic E-state index is -4.18. The highest BCUT2D eigenvalue weighted by Gasteiger charge is 2.41. The van der Waals surface area contributed by atoms with Crippen molar-refractivity contribution < 1.29 is 27.0 Å². The Labute approximate surface area is 125 Å². The number of methoxy groups -OCH3 is 1. The number of hydrogen-bond donors (Lipinski definition) is 1. The minimum absolute atomic E-state index is 0.0200. The summed E-state index contributed by atoms with van der Waals surface area (Å²) in [6.07, 6.45) is -4.27. The highest BCUT2D eigenvalue weighted by Crippen LogP contribution is 2.38. The largest absolute Gasteiger partial charge is 0.481 e. The summed E-state index contributed by atoms with van der Waals surface area (Å²) in [7, 11) is 1.37. The first-order valence-corrected chi connectivity index (χ1v) is 7.02. The third-order valence-corrected chi connectivity index (χ3v) is 3.81. The Hall–Kier alpha value is -1.57. The van der Waals surface area contributed by atoms with Gasteiger partial charge in [0.15, 0.2) is 5.82 Å².